The Morgan fingerprint density at radius 2 is 1.55 bits per heavy atom. The highest BCUT2D eigenvalue weighted by atomic mass is 16.7. The summed E-state index contributed by atoms with van der Waals surface area (Å²) in [6.07, 6.45) is -4.96. The van der Waals surface area contributed by atoms with E-state index in [4.69, 9.17) is 23.7 Å². The fraction of sp³-hybridized carbons (Fsp3) is 0.500. The van der Waals surface area contributed by atoms with E-state index < -0.39 is 59.4 Å². The van der Waals surface area contributed by atoms with E-state index in [1.165, 1.54) is 31.2 Å². The number of hydrogen-bond acceptors (Lipinski definition) is 11. The summed E-state index contributed by atoms with van der Waals surface area (Å²) in [7, 11) is 0. The molecule has 0 unspecified atom stereocenters. The number of nitrogens with zero attached hydrogens (tertiary/aromatic N) is 1. The van der Waals surface area contributed by atoms with Gasteiger partial charge in [-0.25, -0.2) is 0 Å². The number of hydrogen-bond donors (Lipinski definition) is 1. The largest absolute Gasteiger partial charge is 0.463 e. The Morgan fingerprint density at radius 3 is 2.03 bits per heavy atom. The summed E-state index contributed by atoms with van der Waals surface area (Å²) in [6.45, 7) is 4.24. The highest BCUT2D eigenvalue weighted by Crippen LogP contribution is 2.29. The molecule has 1 aromatic carbocycles. The zero-order chi connectivity index (χ0) is 24.7. The average Bonchev–Trinajstić information content (AvgIpc) is 2.70. The molecule has 1 amide bonds. The van der Waals surface area contributed by atoms with Gasteiger partial charge in [0.2, 0.25) is 12.2 Å². The summed E-state index contributed by atoms with van der Waals surface area (Å²) in [5.74, 6) is -2.50. The molecule has 1 saturated heterocycles. The fourth-order valence-corrected chi connectivity index (χ4v) is 3.17. The van der Waals surface area contributed by atoms with E-state index in [1.807, 2.05) is 0 Å². The molecule has 1 heterocycles. The normalized spacial score (nSPS) is 24.2. The topological polar surface area (TPSA) is 170 Å². The quantitative estimate of drug-likeness (QED) is 0.246. The first kappa shape index (κ1) is 25.5. The third-order valence-corrected chi connectivity index (χ3v) is 4.37. The van der Waals surface area contributed by atoms with Gasteiger partial charge in [0.25, 0.3) is 5.69 Å². The first-order chi connectivity index (χ1) is 15.5. The van der Waals surface area contributed by atoms with Crippen molar-refractivity contribution >= 4 is 29.5 Å². The predicted molar refractivity (Wildman–Crippen MR) is 108 cm³/mol. The first-order valence-electron chi connectivity index (χ1n) is 9.79. The number of carbonyl (C=O) groups excluding carboxylic acids is 4. The van der Waals surface area contributed by atoms with Gasteiger partial charge in [0.05, 0.1) is 4.92 Å². The molecule has 13 heteroatoms. The van der Waals surface area contributed by atoms with Crippen LogP contribution in [0.1, 0.15) is 27.7 Å². The predicted octanol–water partition coefficient (Wildman–Crippen LogP) is 0.630. The van der Waals surface area contributed by atoms with Crippen LogP contribution in [0.3, 0.4) is 0 Å². The number of amides is 1. The Balaban J connectivity index is 2.43. The first-order valence-corrected chi connectivity index (χ1v) is 9.79. The zero-order valence-electron chi connectivity index (χ0n) is 18.3. The molecule has 1 aliphatic heterocycles. The monoisotopic (exact) mass is 468 g/mol. The molecule has 0 saturated carbocycles. The lowest BCUT2D eigenvalue weighted by atomic mass is 9.96. The van der Waals surface area contributed by atoms with Gasteiger partial charge in [0.1, 0.15) is 24.5 Å². The van der Waals surface area contributed by atoms with E-state index in [1.54, 1.807) is 0 Å². The minimum atomic E-state index is -1.31. The van der Waals surface area contributed by atoms with Crippen LogP contribution in [0.4, 0.5) is 5.69 Å². The smallest absolute Gasteiger partial charge is 0.303 e. The molecule has 1 N–H and O–H groups in total. The molecule has 13 nitrogen and oxygen atoms in total. The van der Waals surface area contributed by atoms with Crippen molar-refractivity contribution in [3.8, 4) is 5.75 Å². The van der Waals surface area contributed by atoms with E-state index in [9.17, 15) is 29.3 Å². The van der Waals surface area contributed by atoms with E-state index >= 15 is 0 Å². The number of nitro benzene ring substituents is 1. The molecule has 0 aliphatic carbocycles. The van der Waals surface area contributed by atoms with Gasteiger partial charge < -0.3 is 29.0 Å². The zero-order valence-corrected chi connectivity index (χ0v) is 18.3. The van der Waals surface area contributed by atoms with Crippen LogP contribution in [0.15, 0.2) is 24.3 Å². The molecular weight excluding hydrogens is 444 g/mol. The average molecular weight is 468 g/mol. The lowest BCUT2D eigenvalue weighted by molar-refractivity contribution is -0.384. The molecule has 0 spiro atoms. The van der Waals surface area contributed by atoms with Crippen LogP contribution in [0, 0.1) is 10.1 Å². The maximum absolute atomic E-state index is 11.9. The second kappa shape index (κ2) is 11.2. The van der Waals surface area contributed by atoms with E-state index in [0.717, 1.165) is 20.8 Å². The summed E-state index contributed by atoms with van der Waals surface area (Å²) in [5.41, 5.74) is -0.175. The molecule has 2 rings (SSSR count). The number of rotatable bonds is 8. The molecule has 5 atom stereocenters. The van der Waals surface area contributed by atoms with Gasteiger partial charge in [-0.2, -0.15) is 0 Å². The number of nitrogens with one attached hydrogen (secondary N) is 1. The SMILES string of the molecule is CC(=O)N[C@@H]1[C@H](Oc2ccc([N+](=O)[O-])cc2)O[C@H](COC(C)=O)[C@H](OC(C)=O)[C@H]1OC(C)=O. The Hall–Kier alpha value is -3.74. The Kier molecular flexibility index (Phi) is 8.68. The Morgan fingerprint density at radius 1 is 0.970 bits per heavy atom. The summed E-state index contributed by atoms with van der Waals surface area (Å²) in [5, 5.41) is 13.4. The van der Waals surface area contributed by atoms with Crippen molar-refractivity contribution in [2.45, 2.75) is 58.3 Å². The lowest BCUT2D eigenvalue weighted by Crippen LogP contribution is -2.67. The van der Waals surface area contributed by atoms with Crippen LogP contribution in [0.25, 0.3) is 0 Å². The summed E-state index contributed by atoms with van der Waals surface area (Å²) in [6, 6.07) is 3.87. The Labute approximate surface area is 188 Å². The second-order valence-electron chi connectivity index (χ2n) is 7.09. The van der Waals surface area contributed by atoms with Crippen LogP contribution in [-0.4, -0.2) is 66.0 Å². The van der Waals surface area contributed by atoms with Crippen LogP contribution in [0.5, 0.6) is 5.75 Å². The number of esters is 3. The van der Waals surface area contributed by atoms with Crippen molar-refractivity contribution in [3.63, 3.8) is 0 Å². The number of ether oxygens (including phenoxy) is 5. The second-order valence-corrected chi connectivity index (χ2v) is 7.09. The van der Waals surface area contributed by atoms with Crippen molar-refractivity contribution in [2.24, 2.45) is 0 Å². The van der Waals surface area contributed by atoms with E-state index in [2.05, 4.69) is 5.32 Å². The minimum Gasteiger partial charge on any atom is -0.463 e. The molecule has 0 radical (unpaired) electrons. The lowest BCUT2D eigenvalue weighted by Gasteiger charge is -2.44. The third-order valence-electron chi connectivity index (χ3n) is 4.37. The molecule has 33 heavy (non-hydrogen) atoms. The molecule has 1 fully saturated rings. The number of carbonyl (C=O) groups is 4. The summed E-state index contributed by atoms with van der Waals surface area (Å²) in [4.78, 5) is 57.0. The summed E-state index contributed by atoms with van der Waals surface area (Å²) >= 11 is 0. The van der Waals surface area contributed by atoms with Gasteiger partial charge in [0.15, 0.2) is 12.2 Å². The van der Waals surface area contributed by atoms with Gasteiger partial charge in [-0.1, -0.05) is 0 Å². The standard InChI is InChI=1S/C20H24N2O11/c1-10(23)21-17-19(31-13(4)26)18(30-12(3)25)16(9-29-11(2)24)33-20(17)32-15-7-5-14(6-8-15)22(27)28/h5-8,16-20H,9H2,1-4H3,(H,21,23)/t16-,17+,18+,19+,20-/m1/s1. The van der Waals surface area contributed by atoms with Crippen molar-refractivity contribution < 1.29 is 47.8 Å². The van der Waals surface area contributed by atoms with Gasteiger partial charge in [-0.05, 0) is 12.1 Å². The number of benzene rings is 1. The van der Waals surface area contributed by atoms with Crippen LogP contribution >= 0.6 is 0 Å². The van der Waals surface area contributed by atoms with Gasteiger partial charge >= 0.3 is 17.9 Å². The van der Waals surface area contributed by atoms with E-state index in [0.29, 0.717) is 0 Å². The molecule has 1 aliphatic rings. The van der Waals surface area contributed by atoms with Gasteiger partial charge in [0, 0.05) is 39.8 Å². The van der Waals surface area contributed by atoms with Crippen molar-refractivity contribution in [1.29, 1.82) is 0 Å². The third kappa shape index (κ3) is 7.42. The Bertz CT molecular complexity index is 902. The highest BCUT2D eigenvalue weighted by Gasteiger charge is 2.51. The number of nitro groups is 1. The molecule has 0 aromatic heterocycles. The van der Waals surface area contributed by atoms with E-state index in [-0.39, 0.29) is 18.0 Å². The van der Waals surface area contributed by atoms with Crippen LogP contribution < -0.4 is 10.1 Å². The maximum atomic E-state index is 11.9. The molecule has 180 valence electrons. The van der Waals surface area contributed by atoms with Crippen LogP contribution in [-0.2, 0) is 38.1 Å². The molecule has 0 bridgehead atoms. The number of non-ortho nitro benzene ring substituents is 1. The fourth-order valence-electron chi connectivity index (χ4n) is 3.17. The summed E-state index contributed by atoms with van der Waals surface area (Å²) < 4.78 is 27.2. The maximum Gasteiger partial charge on any atom is 0.303 e. The highest BCUT2D eigenvalue weighted by molar-refractivity contribution is 5.73. The molecular formula is C20H24N2O11. The van der Waals surface area contributed by atoms with Gasteiger partial charge in [-0.3, -0.25) is 29.3 Å². The van der Waals surface area contributed by atoms with Crippen molar-refractivity contribution in [3.05, 3.63) is 34.4 Å². The van der Waals surface area contributed by atoms with Crippen molar-refractivity contribution in [2.75, 3.05) is 6.61 Å². The minimum absolute atomic E-state index is 0.139. The molecule has 1 aromatic rings. The van der Waals surface area contributed by atoms with Crippen molar-refractivity contribution in [1.82, 2.24) is 5.32 Å². The van der Waals surface area contributed by atoms with Gasteiger partial charge in [-0.15, -0.1) is 0 Å². The van der Waals surface area contributed by atoms with Crippen LogP contribution in [0.2, 0.25) is 0 Å².